The summed E-state index contributed by atoms with van der Waals surface area (Å²) in [6.07, 6.45) is -0.769. The predicted octanol–water partition coefficient (Wildman–Crippen LogP) is 3.05. The van der Waals surface area contributed by atoms with E-state index in [2.05, 4.69) is 10.6 Å². The Morgan fingerprint density at radius 3 is 2.90 bits per heavy atom. The van der Waals surface area contributed by atoms with Crippen LogP contribution >= 0.6 is 11.3 Å². The summed E-state index contributed by atoms with van der Waals surface area (Å²) in [5.74, 6) is -0.487. The second kappa shape index (κ2) is 6.49. The van der Waals surface area contributed by atoms with Gasteiger partial charge in [0.15, 0.2) is 0 Å². The van der Waals surface area contributed by atoms with Crippen molar-refractivity contribution in [2.75, 3.05) is 11.9 Å². The van der Waals surface area contributed by atoms with E-state index in [0.717, 1.165) is 11.1 Å². The number of aryl methyl sites for hydroxylation is 1. The smallest absolute Gasteiger partial charge is 0.319 e. The molecule has 2 amide bonds. The van der Waals surface area contributed by atoms with Gasteiger partial charge in [0.2, 0.25) is 0 Å². The number of rotatable bonds is 4. The van der Waals surface area contributed by atoms with Crippen LogP contribution in [-0.4, -0.2) is 17.7 Å². The van der Waals surface area contributed by atoms with Gasteiger partial charge in [-0.1, -0.05) is 6.07 Å². The molecule has 0 saturated heterocycles. The van der Waals surface area contributed by atoms with Crippen molar-refractivity contribution in [2.45, 2.75) is 13.0 Å². The molecular weight excluding hydrogens is 279 g/mol. The number of hydrogen-bond donors (Lipinski definition) is 3. The molecule has 1 atom stereocenters. The van der Waals surface area contributed by atoms with Gasteiger partial charge in [0, 0.05) is 6.54 Å². The Labute approximate surface area is 120 Å². The van der Waals surface area contributed by atoms with E-state index in [0.29, 0.717) is 0 Å². The second-order valence-electron chi connectivity index (χ2n) is 4.39. The third-order valence-corrected chi connectivity index (χ3v) is 3.46. The Hall–Kier alpha value is -1.92. The highest BCUT2D eigenvalue weighted by Crippen LogP contribution is 2.16. The highest BCUT2D eigenvalue weighted by molar-refractivity contribution is 7.07. The number of hydrogen-bond acceptors (Lipinski definition) is 3. The maximum atomic E-state index is 13.5. The average molecular weight is 294 g/mol. The molecule has 0 aliphatic heterocycles. The molecule has 0 fully saturated rings. The molecule has 4 nitrogen and oxygen atoms in total. The molecule has 1 heterocycles. The summed E-state index contributed by atoms with van der Waals surface area (Å²) in [5, 5.41) is 18.4. The molecule has 6 heteroatoms. The van der Waals surface area contributed by atoms with Crippen LogP contribution in [0.5, 0.6) is 0 Å². The highest BCUT2D eigenvalue weighted by atomic mass is 32.1. The SMILES string of the molecule is Cc1ccc(NC(=O)NCC(O)c2ccsc2)c(F)c1. The van der Waals surface area contributed by atoms with E-state index < -0.39 is 18.0 Å². The lowest BCUT2D eigenvalue weighted by atomic mass is 10.2. The molecule has 0 spiro atoms. The molecule has 3 N–H and O–H groups in total. The van der Waals surface area contributed by atoms with Crippen LogP contribution in [0, 0.1) is 12.7 Å². The van der Waals surface area contributed by atoms with Crippen LogP contribution in [0.3, 0.4) is 0 Å². The van der Waals surface area contributed by atoms with Crippen molar-refractivity contribution in [3.05, 3.63) is 52.0 Å². The number of aliphatic hydroxyl groups is 1. The molecule has 0 radical (unpaired) electrons. The van der Waals surface area contributed by atoms with Gasteiger partial charge in [0.1, 0.15) is 5.82 Å². The van der Waals surface area contributed by atoms with Gasteiger partial charge in [-0.2, -0.15) is 11.3 Å². The summed E-state index contributed by atoms with van der Waals surface area (Å²) in [4.78, 5) is 11.6. The average Bonchev–Trinajstić information content (AvgIpc) is 2.93. The van der Waals surface area contributed by atoms with Crippen LogP contribution in [0.15, 0.2) is 35.0 Å². The number of amides is 2. The first-order chi connectivity index (χ1) is 9.56. The number of thiophene rings is 1. The molecule has 0 bridgehead atoms. The standard InChI is InChI=1S/C14H15FN2O2S/c1-9-2-3-12(11(15)6-9)17-14(19)16-7-13(18)10-4-5-20-8-10/h2-6,8,13,18H,7H2,1H3,(H2,16,17,19). The van der Waals surface area contributed by atoms with E-state index in [-0.39, 0.29) is 12.2 Å². The molecule has 1 aromatic carbocycles. The zero-order valence-corrected chi connectivity index (χ0v) is 11.7. The van der Waals surface area contributed by atoms with Crippen molar-refractivity contribution in [2.24, 2.45) is 0 Å². The van der Waals surface area contributed by atoms with Gasteiger partial charge in [-0.15, -0.1) is 0 Å². The van der Waals surface area contributed by atoms with Crippen molar-refractivity contribution in [1.82, 2.24) is 5.32 Å². The fourth-order valence-electron chi connectivity index (χ4n) is 1.66. The minimum atomic E-state index is -0.769. The molecule has 0 saturated carbocycles. The van der Waals surface area contributed by atoms with Gasteiger partial charge in [-0.25, -0.2) is 9.18 Å². The Kier molecular flexibility index (Phi) is 4.70. The van der Waals surface area contributed by atoms with Crippen LogP contribution in [-0.2, 0) is 0 Å². The number of halogens is 1. The molecule has 20 heavy (non-hydrogen) atoms. The normalized spacial score (nSPS) is 11.9. The maximum Gasteiger partial charge on any atom is 0.319 e. The van der Waals surface area contributed by atoms with E-state index in [1.165, 1.54) is 23.5 Å². The van der Waals surface area contributed by atoms with E-state index in [4.69, 9.17) is 0 Å². The first-order valence-corrected chi connectivity index (χ1v) is 7.01. The third-order valence-electron chi connectivity index (χ3n) is 2.76. The first kappa shape index (κ1) is 14.5. The van der Waals surface area contributed by atoms with Gasteiger partial charge < -0.3 is 15.7 Å². The van der Waals surface area contributed by atoms with Crippen molar-refractivity contribution < 1.29 is 14.3 Å². The summed E-state index contributed by atoms with van der Waals surface area (Å²) < 4.78 is 13.5. The highest BCUT2D eigenvalue weighted by Gasteiger charge is 2.11. The molecule has 2 rings (SSSR count). The molecular formula is C14H15FN2O2S. The van der Waals surface area contributed by atoms with Crippen LogP contribution < -0.4 is 10.6 Å². The minimum absolute atomic E-state index is 0.0655. The lowest BCUT2D eigenvalue weighted by molar-refractivity contribution is 0.175. The number of aliphatic hydroxyl groups excluding tert-OH is 1. The first-order valence-electron chi connectivity index (χ1n) is 6.07. The number of carbonyl (C=O) groups is 1. The molecule has 0 aliphatic carbocycles. The summed E-state index contributed by atoms with van der Waals surface area (Å²) >= 11 is 1.47. The summed E-state index contributed by atoms with van der Waals surface area (Å²) in [5.41, 5.74) is 1.64. The lowest BCUT2D eigenvalue weighted by Crippen LogP contribution is -2.32. The van der Waals surface area contributed by atoms with Crippen molar-refractivity contribution in [3.63, 3.8) is 0 Å². The second-order valence-corrected chi connectivity index (χ2v) is 5.17. The monoisotopic (exact) mass is 294 g/mol. The molecule has 1 aromatic heterocycles. The van der Waals surface area contributed by atoms with Gasteiger partial charge in [0.05, 0.1) is 11.8 Å². The van der Waals surface area contributed by atoms with Gasteiger partial charge in [-0.05, 0) is 47.0 Å². The molecule has 1 unspecified atom stereocenters. The largest absolute Gasteiger partial charge is 0.387 e. The fraction of sp³-hybridized carbons (Fsp3) is 0.214. The number of urea groups is 1. The Morgan fingerprint density at radius 1 is 1.45 bits per heavy atom. The maximum absolute atomic E-state index is 13.5. The summed E-state index contributed by atoms with van der Waals surface area (Å²) in [6.45, 7) is 1.83. The zero-order valence-electron chi connectivity index (χ0n) is 10.9. The number of carbonyl (C=O) groups excluding carboxylic acids is 1. The van der Waals surface area contributed by atoms with Crippen LogP contribution in [0.25, 0.3) is 0 Å². The fourth-order valence-corrected chi connectivity index (χ4v) is 2.37. The molecule has 106 valence electrons. The Bertz CT molecular complexity index is 587. The quantitative estimate of drug-likeness (QED) is 0.811. The molecule has 2 aromatic rings. The number of benzene rings is 1. The number of anilines is 1. The number of nitrogens with one attached hydrogen (secondary N) is 2. The summed E-state index contributed by atoms with van der Waals surface area (Å²) in [7, 11) is 0. The van der Waals surface area contributed by atoms with Crippen LogP contribution in [0.4, 0.5) is 14.9 Å². The minimum Gasteiger partial charge on any atom is -0.387 e. The van der Waals surface area contributed by atoms with E-state index >= 15 is 0 Å². The van der Waals surface area contributed by atoms with Crippen LogP contribution in [0.1, 0.15) is 17.2 Å². The lowest BCUT2D eigenvalue weighted by Gasteiger charge is -2.12. The van der Waals surface area contributed by atoms with Gasteiger partial charge in [0.25, 0.3) is 0 Å². The molecule has 0 aliphatic rings. The predicted molar refractivity (Wildman–Crippen MR) is 77.4 cm³/mol. The zero-order chi connectivity index (χ0) is 14.5. The Balaban J connectivity index is 1.86. The van der Waals surface area contributed by atoms with Gasteiger partial charge in [-0.3, -0.25) is 0 Å². The topological polar surface area (TPSA) is 61.4 Å². The van der Waals surface area contributed by atoms with Gasteiger partial charge >= 0.3 is 6.03 Å². The van der Waals surface area contributed by atoms with Crippen molar-refractivity contribution in [3.8, 4) is 0 Å². The van der Waals surface area contributed by atoms with Crippen LogP contribution in [0.2, 0.25) is 0 Å². The third kappa shape index (κ3) is 3.79. The van der Waals surface area contributed by atoms with Crippen molar-refractivity contribution in [1.29, 1.82) is 0 Å². The summed E-state index contributed by atoms with van der Waals surface area (Å²) in [6, 6.07) is 5.78. The van der Waals surface area contributed by atoms with E-state index in [1.807, 2.05) is 10.8 Å². The van der Waals surface area contributed by atoms with E-state index in [1.54, 1.807) is 19.1 Å². The van der Waals surface area contributed by atoms with Crippen molar-refractivity contribution >= 4 is 23.1 Å². The Morgan fingerprint density at radius 2 is 2.25 bits per heavy atom. The van der Waals surface area contributed by atoms with E-state index in [9.17, 15) is 14.3 Å².